The first-order valence-corrected chi connectivity index (χ1v) is 10.4. The Morgan fingerprint density at radius 2 is 2.12 bits per heavy atom. The van der Waals surface area contributed by atoms with E-state index < -0.39 is 5.91 Å². The van der Waals surface area contributed by atoms with Crippen LogP contribution in [0, 0.1) is 0 Å². The van der Waals surface area contributed by atoms with Gasteiger partial charge in [-0.05, 0) is 35.7 Å². The van der Waals surface area contributed by atoms with Crippen molar-refractivity contribution in [3.05, 3.63) is 38.7 Å². The van der Waals surface area contributed by atoms with Crippen LogP contribution in [0.25, 0.3) is 6.08 Å². The van der Waals surface area contributed by atoms with E-state index in [-0.39, 0.29) is 29.1 Å². The predicted octanol–water partition coefficient (Wildman–Crippen LogP) is 3.90. The van der Waals surface area contributed by atoms with Gasteiger partial charge in [0, 0.05) is 25.3 Å². The number of rotatable bonds is 7. The number of halogens is 2. The molecule has 1 heterocycles. The van der Waals surface area contributed by atoms with Gasteiger partial charge in [-0.2, -0.15) is 11.8 Å². The zero-order valence-corrected chi connectivity index (χ0v) is 16.5. The lowest BCUT2D eigenvalue weighted by molar-refractivity contribution is -0.124. The average Bonchev–Trinajstić information content (AvgIpc) is 2.84. The third kappa shape index (κ3) is 5.41. The second kappa shape index (κ2) is 9.52. The van der Waals surface area contributed by atoms with Gasteiger partial charge in [0.15, 0.2) is 0 Å². The van der Waals surface area contributed by atoms with Gasteiger partial charge in [0.25, 0.3) is 11.1 Å². The number of hydrogen-bond acceptors (Lipinski definition) is 5. The molecular formula is C16H16Cl2N2O3S2. The summed E-state index contributed by atoms with van der Waals surface area (Å²) in [4.78, 5) is 37.4. The topological polar surface area (TPSA) is 66.5 Å². The fourth-order valence-corrected chi connectivity index (χ4v) is 3.66. The molecule has 0 aromatic heterocycles. The number of hydrogen-bond donors (Lipinski definition) is 1. The third-order valence-corrected chi connectivity index (χ3v) is 5.69. The number of nitrogens with one attached hydrogen (secondary N) is 1. The van der Waals surface area contributed by atoms with Crippen LogP contribution in [0.2, 0.25) is 10.0 Å². The number of thioether (sulfide) groups is 2. The minimum Gasteiger partial charge on any atom is -0.354 e. The first kappa shape index (κ1) is 20.2. The maximum Gasteiger partial charge on any atom is 0.293 e. The minimum absolute atomic E-state index is 0.0948. The molecule has 1 aliphatic rings. The van der Waals surface area contributed by atoms with Crippen molar-refractivity contribution < 1.29 is 14.4 Å². The van der Waals surface area contributed by atoms with Gasteiger partial charge in [-0.1, -0.05) is 35.3 Å². The Morgan fingerprint density at radius 1 is 1.36 bits per heavy atom. The molecule has 0 atom stereocenters. The zero-order chi connectivity index (χ0) is 18.4. The molecule has 2 rings (SSSR count). The van der Waals surface area contributed by atoms with E-state index >= 15 is 0 Å². The Morgan fingerprint density at radius 3 is 2.84 bits per heavy atom. The van der Waals surface area contributed by atoms with E-state index in [2.05, 4.69) is 5.32 Å². The van der Waals surface area contributed by atoms with Crippen molar-refractivity contribution >= 4 is 69.9 Å². The molecule has 0 bridgehead atoms. The van der Waals surface area contributed by atoms with Gasteiger partial charge in [0.05, 0.1) is 15.0 Å². The SMILES string of the molecule is CSCCC(=O)NCCN1C(=O)S/C(=C\c2cccc(Cl)c2Cl)C1=O. The van der Waals surface area contributed by atoms with Crippen molar-refractivity contribution in [2.75, 3.05) is 25.1 Å². The normalized spacial score (nSPS) is 16.0. The van der Waals surface area contributed by atoms with Crippen molar-refractivity contribution in [2.45, 2.75) is 6.42 Å². The van der Waals surface area contributed by atoms with Crippen molar-refractivity contribution in [1.29, 1.82) is 0 Å². The van der Waals surface area contributed by atoms with E-state index in [4.69, 9.17) is 23.2 Å². The number of carbonyl (C=O) groups excluding carboxylic acids is 3. The number of benzene rings is 1. The Kier molecular flexibility index (Phi) is 7.68. The van der Waals surface area contributed by atoms with Crippen LogP contribution < -0.4 is 5.32 Å². The van der Waals surface area contributed by atoms with E-state index in [1.807, 2.05) is 6.26 Å². The Bertz CT molecular complexity index is 725. The summed E-state index contributed by atoms with van der Waals surface area (Å²) in [7, 11) is 0. The molecule has 0 radical (unpaired) electrons. The number of carbonyl (C=O) groups is 3. The van der Waals surface area contributed by atoms with Gasteiger partial charge in [-0.25, -0.2) is 0 Å². The smallest absolute Gasteiger partial charge is 0.293 e. The minimum atomic E-state index is -0.399. The highest BCUT2D eigenvalue weighted by molar-refractivity contribution is 8.18. The third-order valence-electron chi connectivity index (χ3n) is 3.33. The van der Waals surface area contributed by atoms with Crippen molar-refractivity contribution in [1.82, 2.24) is 10.2 Å². The lowest BCUT2D eigenvalue weighted by Gasteiger charge is -2.12. The van der Waals surface area contributed by atoms with Gasteiger partial charge in [-0.15, -0.1) is 0 Å². The lowest BCUT2D eigenvalue weighted by Crippen LogP contribution is -2.37. The summed E-state index contributed by atoms with van der Waals surface area (Å²) in [5.74, 6) is 0.239. The van der Waals surface area contributed by atoms with E-state index in [1.165, 1.54) is 0 Å². The van der Waals surface area contributed by atoms with Crippen LogP contribution in [0.1, 0.15) is 12.0 Å². The second-order valence-corrected chi connectivity index (χ2v) is 7.83. The Hall–Kier alpha value is -1.15. The van der Waals surface area contributed by atoms with Crippen molar-refractivity contribution in [3.63, 3.8) is 0 Å². The molecule has 5 nitrogen and oxygen atoms in total. The summed E-state index contributed by atoms with van der Waals surface area (Å²) in [6.07, 6.45) is 3.89. The van der Waals surface area contributed by atoms with Gasteiger partial charge in [0.2, 0.25) is 5.91 Å². The zero-order valence-electron chi connectivity index (χ0n) is 13.4. The molecule has 0 unspecified atom stereocenters. The maximum atomic E-state index is 12.4. The molecule has 25 heavy (non-hydrogen) atoms. The molecule has 9 heteroatoms. The van der Waals surface area contributed by atoms with Crippen LogP contribution in [0.4, 0.5) is 4.79 Å². The van der Waals surface area contributed by atoms with E-state index in [0.29, 0.717) is 22.0 Å². The fourth-order valence-electron chi connectivity index (χ4n) is 2.06. The number of amides is 3. The first-order valence-electron chi connectivity index (χ1n) is 7.39. The molecule has 3 amide bonds. The van der Waals surface area contributed by atoms with Crippen molar-refractivity contribution in [2.24, 2.45) is 0 Å². The van der Waals surface area contributed by atoms with Crippen LogP contribution in [0.15, 0.2) is 23.1 Å². The van der Waals surface area contributed by atoms with E-state index in [0.717, 1.165) is 22.4 Å². The molecule has 0 spiro atoms. The van der Waals surface area contributed by atoms with Gasteiger partial charge in [-0.3, -0.25) is 19.3 Å². The van der Waals surface area contributed by atoms with E-state index in [1.54, 1.807) is 36.0 Å². The molecule has 1 aliphatic heterocycles. The monoisotopic (exact) mass is 418 g/mol. The molecule has 1 N–H and O–H groups in total. The molecule has 1 aromatic carbocycles. The molecular weight excluding hydrogens is 403 g/mol. The summed E-state index contributed by atoms with van der Waals surface area (Å²) in [5, 5.41) is 3.04. The lowest BCUT2D eigenvalue weighted by atomic mass is 10.2. The van der Waals surface area contributed by atoms with Crippen LogP contribution in [-0.2, 0) is 9.59 Å². The van der Waals surface area contributed by atoms with E-state index in [9.17, 15) is 14.4 Å². The van der Waals surface area contributed by atoms with Crippen LogP contribution >= 0.6 is 46.7 Å². The average molecular weight is 419 g/mol. The number of nitrogens with zero attached hydrogens (tertiary/aromatic N) is 1. The number of imide groups is 1. The molecule has 1 saturated heterocycles. The predicted molar refractivity (Wildman–Crippen MR) is 105 cm³/mol. The van der Waals surface area contributed by atoms with Gasteiger partial charge in [0.1, 0.15) is 0 Å². The largest absolute Gasteiger partial charge is 0.354 e. The summed E-state index contributed by atoms with van der Waals surface area (Å²) >= 11 is 14.5. The highest BCUT2D eigenvalue weighted by Crippen LogP contribution is 2.34. The molecule has 1 fully saturated rings. The van der Waals surface area contributed by atoms with Crippen LogP contribution in [0.3, 0.4) is 0 Å². The molecule has 1 aromatic rings. The molecule has 0 saturated carbocycles. The van der Waals surface area contributed by atoms with Gasteiger partial charge < -0.3 is 5.32 Å². The quantitative estimate of drug-likeness (QED) is 0.680. The Labute approximate surface area is 164 Å². The second-order valence-electron chi connectivity index (χ2n) is 5.07. The van der Waals surface area contributed by atoms with Crippen LogP contribution in [0.5, 0.6) is 0 Å². The van der Waals surface area contributed by atoms with Crippen LogP contribution in [-0.4, -0.2) is 47.1 Å². The molecule has 134 valence electrons. The first-order chi connectivity index (χ1) is 11.9. The van der Waals surface area contributed by atoms with Gasteiger partial charge >= 0.3 is 0 Å². The fraction of sp³-hybridized carbons (Fsp3) is 0.312. The summed E-state index contributed by atoms with van der Waals surface area (Å²) in [6, 6.07) is 5.08. The standard InChI is InChI=1S/C16H16Cl2N2O3S2/c1-24-8-5-13(21)19-6-7-20-15(22)12(25-16(20)23)9-10-3-2-4-11(17)14(10)18/h2-4,9H,5-8H2,1H3,(H,19,21)/b12-9-. The highest BCUT2D eigenvalue weighted by atomic mass is 35.5. The maximum absolute atomic E-state index is 12.4. The summed E-state index contributed by atoms with van der Waals surface area (Å²) < 4.78 is 0. The summed E-state index contributed by atoms with van der Waals surface area (Å²) in [6.45, 7) is 0.368. The van der Waals surface area contributed by atoms with Crippen molar-refractivity contribution in [3.8, 4) is 0 Å². The summed E-state index contributed by atoms with van der Waals surface area (Å²) in [5.41, 5.74) is 0.574. The molecule has 0 aliphatic carbocycles. The highest BCUT2D eigenvalue weighted by Gasteiger charge is 2.34. The Balaban J connectivity index is 1.99.